The van der Waals surface area contributed by atoms with Crippen molar-refractivity contribution < 1.29 is 0 Å². The van der Waals surface area contributed by atoms with Gasteiger partial charge in [-0.3, -0.25) is 0 Å². The van der Waals surface area contributed by atoms with Gasteiger partial charge >= 0.3 is 0 Å². The number of anilines is 3. The summed E-state index contributed by atoms with van der Waals surface area (Å²) in [6.07, 6.45) is 0. The van der Waals surface area contributed by atoms with Crippen molar-refractivity contribution >= 4 is 81.1 Å². The smallest absolute Gasteiger partial charge is 0.0541 e. The molecule has 9 aromatic carbocycles. The lowest BCUT2D eigenvalue weighted by molar-refractivity contribution is 1.17. The van der Waals surface area contributed by atoms with E-state index in [0.29, 0.717) is 0 Å². The lowest BCUT2D eigenvalue weighted by Gasteiger charge is -2.29. The Morgan fingerprint density at radius 1 is 0.382 bits per heavy atom. The molecule has 0 radical (unpaired) electrons. The average Bonchev–Trinajstić information content (AvgIpc) is 3.80. The number of rotatable bonds is 6. The lowest BCUT2D eigenvalue weighted by Crippen LogP contribution is -2.12. The van der Waals surface area contributed by atoms with Crippen molar-refractivity contribution in [3.63, 3.8) is 0 Å². The number of hydrogen-bond acceptors (Lipinski definition) is 2. The zero-order valence-corrected chi connectivity index (χ0v) is 30.7. The molecular weight excluding hydrogens is 685 g/mol. The third kappa shape index (κ3) is 5.16. The van der Waals surface area contributed by atoms with Crippen molar-refractivity contribution in [3.8, 4) is 27.9 Å². The third-order valence-corrected chi connectivity index (χ3v) is 12.1. The van der Waals surface area contributed by atoms with E-state index in [0.717, 1.165) is 22.7 Å². The Kier molecular flexibility index (Phi) is 7.39. The summed E-state index contributed by atoms with van der Waals surface area (Å²) in [4.78, 5) is 2.44. The Morgan fingerprint density at radius 2 is 0.964 bits per heavy atom. The average molecular weight is 719 g/mol. The molecule has 2 heterocycles. The van der Waals surface area contributed by atoms with Gasteiger partial charge in [0.1, 0.15) is 0 Å². The predicted molar refractivity (Wildman–Crippen MR) is 237 cm³/mol. The fraction of sp³-hybridized carbons (Fsp3) is 0. The van der Waals surface area contributed by atoms with Crippen LogP contribution in [0.25, 0.3) is 80.7 Å². The zero-order valence-electron chi connectivity index (χ0n) is 29.9. The molecule has 0 N–H and O–H groups in total. The highest BCUT2D eigenvalue weighted by Gasteiger charge is 2.21. The van der Waals surface area contributed by atoms with Gasteiger partial charge in [0.2, 0.25) is 0 Å². The van der Waals surface area contributed by atoms with Crippen LogP contribution in [-0.4, -0.2) is 4.57 Å². The molecule has 2 aromatic heterocycles. The maximum absolute atomic E-state index is 2.44. The van der Waals surface area contributed by atoms with Crippen LogP contribution in [0.5, 0.6) is 0 Å². The molecule has 0 saturated heterocycles. The molecule has 0 bridgehead atoms. The summed E-state index contributed by atoms with van der Waals surface area (Å²) in [7, 11) is 0. The van der Waals surface area contributed by atoms with E-state index in [1.165, 1.54) is 75.0 Å². The van der Waals surface area contributed by atoms with Crippen LogP contribution in [0.4, 0.5) is 17.1 Å². The lowest BCUT2D eigenvalue weighted by atomic mass is 9.96. The standard InChI is InChI=1S/C52H34N2S/c1-2-18-40-35(14-1)15-11-23-41(40)36-30-32-37(33-31-36)53(38-16-12-17-39(34-38)54-48-26-8-3-19-42(48)43-20-4-9-27-49(43)54)47-25-7-5-21-44(47)45-24-13-29-51-52(45)46-22-6-10-28-50(46)55-51/h1-34H. The van der Waals surface area contributed by atoms with Gasteiger partial charge in [0.05, 0.1) is 16.7 Å². The van der Waals surface area contributed by atoms with Gasteiger partial charge in [0, 0.05) is 53.6 Å². The Labute approximate surface area is 323 Å². The molecule has 0 aliphatic heterocycles. The van der Waals surface area contributed by atoms with E-state index in [9.17, 15) is 0 Å². The Hall–Kier alpha value is -6.94. The molecule has 3 heteroatoms. The summed E-state index contributed by atoms with van der Waals surface area (Å²) in [6, 6.07) is 75.2. The molecule has 2 nitrogen and oxygen atoms in total. The molecule has 0 amide bonds. The maximum atomic E-state index is 2.44. The van der Waals surface area contributed by atoms with E-state index < -0.39 is 0 Å². The fourth-order valence-corrected chi connectivity index (χ4v) is 9.69. The molecular formula is C52H34N2S. The first-order valence-corrected chi connectivity index (χ1v) is 19.6. The van der Waals surface area contributed by atoms with Crippen molar-refractivity contribution in [1.29, 1.82) is 0 Å². The molecule has 11 aromatic rings. The minimum absolute atomic E-state index is 1.09. The van der Waals surface area contributed by atoms with Gasteiger partial charge in [-0.25, -0.2) is 0 Å². The summed E-state index contributed by atoms with van der Waals surface area (Å²) in [5.74, 6) is 0. The first-order chi connectivity index (χ1) is 27.3. The Morgan fingerprint density at radius 3 is 1.78 bits per heavy atom. The molecule has 55 heavy (non-hydrogen) atoms. The molecule has 0 spiro atoms. The second-order valence-corrected chi connectivity index (χ2v) is 15.2. The van der Waals surface area contributed by atoms with E-state index in [2.05, 4.69) is 216 Å². The first kappa shape index (κ1) is 31.6. The number of hydrogen-bond donors (Lipinski definition) is 0. The van der Waals surface area contributed by atoms with Crippen LogP contribution in [-0.2, 0) is 0 Å². The monoisotopic (exact) mass is 718 g/mol. The molecule has 0 unspecified atom stereocenters. The molecule has 11 rings (SSSR count). The minimum atomic E-state index is 1.09. The summed E-state index contributed by atoms with van der Waals surface area (Å²) in [6.45, 7) is 0. The first-order valence-electron chi connectivity index (χ1n) is 18.8. The molecule has 0 saturated carbocycles. The highest BCUT2D eigenvalue weighted by molar-refractivity contribution is 7.25. The van der Waals surface area contributed by atoms with Crippen molar-refractivity contribution in [3.05, 3.63) is 206 Å². The van der Waals surface area contributed by atoms with Gasteiger partial charge in [-0.15, -0.1) is 11.3 Å². The largest absolute Gasteiger partial charge is 0.310 e. The topological polar surface area (TPSA) is 8.17 Å². The van der Waals surface area contributed by atoms with E-state index in [1.807, 2.05) is 11.3 Å². The summed E-state index contributed by atoms with van der Waals surface area (Å²) >= 11 is 1.86. The molecule has 258 valence electrons. The van der Waals surface area contributed by atoms with Crippen molar-refractivity contribution in [2.45, 2.75) is 0 Å². The van der Waals surface area contributed by atoms with E-state index in [4.69, 9.17) is 0 Å². The molecule has 0 aliphatic rings. The van der Waals surface area contributed by atoms with Gasteiger partial charge in [-0.1, -0.05) is 146 Å². The SMILES string of the molecule is c1cc(N(c2ccc(-c3cccc4ccccc34)cc2)c2ccccc2-c2cccc3sc4ccccc4c23)cc(-n2c3ccccc3c3ccccc32)c1. The summed E-state index contributed by atoms with van der Waals surface area (Å²) in [5.41, 5.74) is 11.7. The quantitative estimate of drug-likeness (QED) is 0.166. The van der Waals surface area contributed by atoms with Crippen LogP contribution in [0.15, 0.2) is 206 Å². The number of para-hydroxylation sites is 3. The highest BCUT2D eigenvalue weighted by atomic mass is 32.1. The van der Waals surface area contributed by atoms with E-state index >= 15 is 0 Å². The predicted octanol–water partition coefficient (Wildman–Crippen LogP) is 15.1. The van der Waals surface area contributed by atoms with E-state index in [1.54, 1.807) is 0 Å². The minimum Gasteiger partial charge on any atom is -0.310 e. The second-order valence-electron chi connectivity index (χ2n) is 14.1. The van der Waals surface area contributed by atoms with Crippen LogP contribution >= 0.6 is 11.3 Å². The summed E-state index contributed by atoms with van der Waals surface area (Å²) < 4.78 is 5.01. The van der Waals surface area contributed by atoms with Gasteiger partial charge < -0.3 is 9.47 Å². The van der Waals surface area contributed by atoms with Gasteiger partial charge in [0.25, 0.3) is 0 Å². The van der Waals surface area contributed by atoms with Crippen LogP contribution in [0, 0.1) is 0 Å². The van der Waals surface area contributed by atoms with Crippen LogP contribution in [0.1, 0.15) is 0 Å². The van der Waals surface area contributed by atoms with Crippen molar-refractivity contribution in [2.75, 3.05) is 4.90 Å². The highest BCUT2D eigenvalue weighted by Crippen LogP contribution is 2.46. The fourth-order valence-electron chi connectivity index (χ4n) is 8.56. The number of thiophene rings is 1. The Bertz CT molecular complexity index is 3160. The van der Waals surface area contributed by atoms with Crippen molar-refractivity contribution in [1.82, 2.24) is 4.57 Å². The van der Waals surface area contributed by atoms with Gasteiger partial charge in [-0.2, -0.15) is 0 Å². The van der Waals surface area contributed by atoms with Gasteiger partial charge in [0.15, 0.2) is 0 Å². The Balaban J connectivity index is 1.14. The summed E-state index contributed by atoms with van der Waals surface area (Å²) in [5, 5.41) is 7.62. The molecule has 0 atom stereocenters. The van der Waals surface area contributed by atoms with Gasteiger partial charge in [-0.05, 0) is 88.1 Å². The maximum Gasteiger partial charge on any atom is 0.0541 e. The second kappa shape index (κ2) is 12.9. The number of aromatic nitrogens is 1. The molecule has 0 fully saturated rings. The number of fused-ring (bicyclic) bond motifs is 7. The van der Waals surface area contributed by atoms with Crippen LogP contribution in [0.3, 0.4) is 0 Å². The van der Waals surface area contributed by atoms with Crippen LogP contribution in [0.2, 0.25) is 0 Å². The van der Waals surface area contributed by atoms with Crippen LogP contribution < -0.4 is 4.90 Å². The molecule has 0 aliphatic carbocycles. The normalized spacial score (nSPS) is 11.6. The third-order valence-electron chi connectivity index (χ3n) is 11.0. The zero-order chi connectivity index (χ0) is 36.3. The van der Waals surface area contributed by atoms with Crippen molar-refractivity contribution in [2.24, 2.45) is 0 Å². The number of nitrogens with zero attached hydrogens (tertiary/aromatic N) is 2. The van der Waals surface area contributed by atoms with E-state index in [-0.39, 0.29) is 0 Å². The number of benzene rings is 9.